The molecule has 0 bridgehead atoms. The van der Waals surface area contributed by atoms with Gasteiger partial charge >= 0.3 is 0 Å². The van der Waals surface area contributed by atoms with Crippen molar-refractivity contribution in [2.45, 2.75) is 25.5 Å². The van der Waals surface area contributed by atoms with Crippen LogP contribution in [-0.4, -0.2) is 23.2 Å². The number of amides is 1. The van der Waals surface area contributed by atoms with E-state index in [0.29, 0.717) is 13.2 Å². The lowest BCUT2D eigenvalue weighted by atomic mass is 10.2. The zero-order chi connectivity index (χ0) is 12.3. The first-order chi connectivity index (χ1) is 8.16. The molecule has 0 aliphatic carbocycles. The Morgan fingerprint density at radius 3 is 3.06 bits per heavy atom. The van der Waals surface area contributed by atoms with E-state index in [-0.39, 0.29) is 17.6 Å². The molecule has 5 heteroatoms. The Morgan fingerprint density at radius 1 is 1.59 bits per heavy atom. The van der Waals surface area contributed by atoms with Crippen LogP contribution in [0.15, 0.2) is 23.1 Å². The molecule has 1 aromatic rings. The maximum atomic E-state index is 11.7. The third-order valence-corrected chi connectivity index (χ3v) is 2.84. The van der Waals surface area contributed by atoms with Crippen molar-refractivity contribution in [1.82, 2.24) is 9.88 Å². The molecule has 1 aromatic heterocycles. The van der Waals surface area contributed by atoms with E-state index in [4.69, 9.17) is 4.74 Å². The normalized spacial score (nSPS) is 19.2. The van der Waals surface area contributed by atoms with Gasteiger partial charge in [0.25, 0.3) is 0 Å². The smallest absolute Gasteiger partial charge is 0.250 e. The van der Waals surface area contributed by atoms with Crippen LogP contribution in [-0.2, 0) is 23.1 Å². The van der Waals surface area contributed by atoms with Gasteiger partial charge in [-0.25, -0.2) is 0 Å². The van der Waals surface area contributed by atoms with Crippen LogP contribution in [0.2, 0.25) is 0 Å². The molecule has 2 rings (SSSR count). The first kappa shape index (κ1) is 11.9. The number of aryl methyl sites for hydroxylation is 1. The summed E-state index contributed by atoms with van der Waals surface area (Å²) < 4.78 is 6.77. The molecule has 1 saturated heterocycles. The number of carbonyl (C=O) groups is 1. The highest BCUT2D eigenvalue weighted by Gasteiger charge is 2.22. The number of aromatic nitrogens is 1. The molecule has 2 heterocycles. The fourth-order valence-electron chi connectivity index (χ4n) is 1.84. The zero-order valence-corrected chi connectivity index (χ0v) is 9.81. The van der Waals surface area contributed by atoms with Crippen molar-refractivity contribution in [3.05, 3.63) is 34.2 Å². The molecule has 5 nitrogen and oxygen atoms in total. The van der Waals surface area contributed by atoms with Crippen molar-refractivity contribution in [2.75, 3.05) is 6.61 Å². The van der Waals surface area contributed by atoms with Crippen LogP contribution in [0.1, 0.15) is 18.4 Å². The van der Waals surface area contributed by atoms with E-state index in [0.717, 1.165) is 18.4 Å². The third kappa shape index (κ3) is 2.94. The van der Waals surface area contributed by atoms with Gasteiger partial charge in [0.1, 0.15) is 6.10 Å². The van der Waals surface area contributed by atoms with Gasteiger partial charge in [-0.05, 0) is 18.4 Å². The Bertz CT molecular complexity index is 461. The van der Waals surface area contributed by atoms with Crippen LogP contribution < -0.4 is 10.9 Å². The van der Waals surface area contributed by atoms with Crippen LogP contribution in [0.4, 0.5) is 0 Å². The maximum absolute atomic E-state index is 11.7. The second-order valence-corrected chi connectivity index (χ2v) is 4.21. The average Bonchev–Trinajstić information content (AvgIpc) is 2.84. The van der Waals surface area contributed by atoms with Gasteiger partial charge in [0.05, 0.1) is 0 Å². The SMILES string of the molecule is Cn1cc(CNC(=O)C2CCCO2)ccc1=O. The minimum Gasteiger partial charge on any atom is -0.368 e. The summed E-state index contributed by atoms with van der Waals surface area (Å²) in [6.45, 7) is 1.09. The first-order valence-corrected chi connectivity index (χ1v) is 5.72. The topological polar surface area (TPSA) is 60.3 Å². The van der Waals surface area contributed by atoms with Crippen LogP contribution in [0.5, 0.6) is 0 Å². The zero-order valence-electron chi connectivity index (χ0n) is 9.81. The van der Waals surface area contributed by atoms with Crippen molar-refractivity contribution in [3.8, 4) is 0 Å². The molecule has 1 fully saturated rings. The Morgan fingerprint density at radius 2 is 2.41 bits per heavy atom. The van der Waals surface area contributed by atoms with Gasteiger partial charge in [-0.15, -0.1) is 0 Å². The maximum Gasteiger partial charge on any atom is 0.250 e. The quantitative estimate of drug-likeness (QED) is 0.814. The van der Waals surface area contributed by atoms with E-state index < -0.39 is 0 Å². The fraction of sp³-hybridized carbons (Fsp3) is 0.500. The molecular formula is C12H16N2O3. The molecule has 0 aromatic carbocycles. The monoisotopic (exact) mass is 236 g/mol. The second-order valence-electron chi connectivity index (χ2n) is 4.21. The molecule has 92 valence electrons. The lowest BCUT2D eigenvalue weighted by Crippen LogP contribution is -2.33. The molecule has 1 atom stereocenters. The van der Waals surface area contributed by atoms with E-state index in [2.05, 4.69) is 5.32 Å². The minimum absolute atomic E-state index is 0.0563. The largest absolute Gasteiger partial charge is 0.368 e. The summed E-state index contributed by atoms with van der Waals surface area (Å²) >= 11 is 0. The number of nitrogens with zero attached hydrogens (tertiary/aromatic N) is 1. The summed E-state index contributed by atoms with van der Waals surface area (Å²) in [5.74, 6) is -0.0728. The molecule has 1 amide bonds. The summed E-state index contributed by atoms with van der Waals surface area (Å²) in [5, 5.41) is 2.81. The predicted molar refractivity (Wildman–Crippen MR) is 62.5 cm³/mol. The van der Waals surface area contributed by atoms with E-state index in [1.807, 2.05) is 0 Å². The Kier molecular flexibility index (Phi) is 3.58. The number of nitrogens with one attached hydrogen (secondary N) is 1. The van der Waals surface area contributed by atoms with Gasteiger partial charge < -0.3 is 14.6 Å². The lowest BCUT2D eigenvalue weighted by molar-refractivity contribution is -0.130. The summed E-state index contributed by atoms with van der Waals surface area (Å²) in [7, 11) is 1.69. The molecule has 0 radical (unpaired) electrons. The summed E-state index contributed by atoms with van der Waals surface area (Å²) in [6, 6.07) is 3.21. The van der Waals surface area contributed by atoms with Crippen LogP contribution in [0.3, 0.4) is 0 Å². The van der Waals surface area contributed by atoms with Crippen LogP contribution in [0, 0.1) is 0 Å². The number of rotatable bonds is 3. The van der Waals surface area contributed by atoms with Gasteiger partial charge in [0, 0.05) is 32.5 Å². The van der Waals surface area contributed by atoms with Crippen molar-refractivity contribution in [3.63, 3.8) is 0 Å². The molecule has 1 aliphatic heterocycles. The molecule has 0 saturated carbocycles. The lowest BCUT2D eigenvalue weighted by Gasteiger charge is -2.10. The van der Waals surface area contributed by atoms with E-state index in [1.54, 1.807) is 19.3 Å². The fourth-order valence-corrected chi connectivity index (χ4v) is 1.84. The molecule has 1 unspecified atom stereocenters. The average molecular weight is 236 g/mol. The van der Waals surface area contributed by atoms with Crippen molar-refractivity contribution in [1.29, 1.82) is 0 Å². The molecular weight excluding hydrogens is 220 g/mol. The Balaban J connectivity index is 1.90. The van der Waals surface area contributed by atoms with E-state index in [9.17, 15) is 9.59 Å². The van der Waals surface area contributed by atoms with Crippen LogP contribution in [0.25, 0.3) is 0 Å². The van der Waals surface area contributed by atoms with Gasteiger partial charge in [-0.3, -0.25) is 9.59 Å². The highest BCUT2D eigenvalue weighted by atomic mass is 16.5. The molecule has 17 heavy (non-hydrogen) atoms. The number of pyridine rings is 1. The number of hydrogen-bond acceptors (Lipinski definition) is 3. The predicted octanol–water partition coefficient (Wildman–Crippen LogP) is 0.180. The number of carbonyl (C=O) groups excluding carboxylic acids is 1. The number of ether oxygens (including phenoxy) is 1. The summed E-state index contributed by atoms with van der Waals surface area (Å²) in [6.07, 6.45) is 3.15. The van der Waals surface area contributed by atoms with Gasteiger partial charge in [-0.1, -0.05) is 6.07 Å². The summed E-state index contributed by atoms with van der Waals surface area (Å²) in [4.78, 5) is 22.8. The van der Waals surface area contributed by atoms with E-state index >= 15 is 0 Å². The van der Waals surface area contributed by atoms with Crippen molar-refractivity contribution < 1.29 is 9.53 Å². The van der Waals surface area contributed by atoms with Crippen molar-refractivity contribution in [2.24, 2.45) is 7.05 Å². The third-order valence-electron chi connectivity index (χ3n) is 2.84. The Labute approximate surface area is 99.4 Å². The molecule has 0 spiro atoms. The highest BCUT2D eigenvalue weighted by molar-refractivity contribution is 5.80. The highest BCUT2D eigenvalue weighted by Crippen LogP contribution is 2.11. The van der Waals surface area contributed by atoms with Crippen molar-refractivity contribution >= 4 is 5.91 Å². The van der Waals surface area contributed by atoms with Crippen LogP contribution >= 0.6 is 0 Å². The van der Waals surface area contributed by atoms with Gasteiger partial charge in [0.2, 0.25) is 11.5 Å². The second kappa shape index (κ2) is 5.14. The minimum atomic E-state index is -0.303. The Hall–Kier alpha value is -1.62. The van der Waals surface area contributed by atoms with E-state index in [1.165, 1.54) is 10.6 Å². The summed E-state index contributed by atoms with van der Waals surface area (Å²) in [5.41, 5.74) is 0.845. The standard InChI is InChI=1S/C12H16N2O3/c1-14-8-9(4-5-11(14)15)7-13-12(16)10-3-2-6-17-10/h4-5,8,10H,2-3,6-7H2,1H3,(H,13,16). The molecule has 1 N–H and O–H groups in total. The van der Waals surface area contributed by atoms with Gasteiger partial charge in [0.15, 0.2) is 0 Å². The first-order valence-electron chi connectivity index (χ1n) is 5.72. The van der Waals surface area contributed by atoms with Gasteiger partial charge in [-0.2, -0.15) is 0 Å². The number of hydrogen-bond donors (Lipinski definition) is 1. The molecule has 1 aliphatic rings.